The van der Waals surface area contributed by atoms with Crippen molar-refractivity contribution in [1.82, 2.24) is 0 Å². The van der Waals surface area contributed by atoms with Gasteiger partial charge in [-0.1, -0.05) is 175 Å². The van der Waals surface area contributed by atoms with Crippen molar-refractivity contribution in [2.75, 3.05) is 47.5 Å². The van der Waals surface area contributed by atoms with Crippen LogP contribution in [-0.4, -0.2) is 74.9 Å². The fraction of sp³-hybridized carbons (Fsp3) is 0.951. The number of phosphoric ester groups is 1. The molecule has 0 radical (unpaired) electrons. The summed E-state index contributed by atoms with van der Waals surface area (Å²) in [7, 11) is 1.48. The van der Waals surface area contributed by atoms with Gasteiger partial charge in [-0.25, -0.2) is 4.57 Å². The molecule has 0 saturated carbocycles. The van der Waals surface area contributed by atoms with Crippen LogP contribution in [0.15, 0.2) is 0 Å². The summed E-state index contributed by atoms with van der Waals surface area (Å²) in [6.07, 6.45) is 31.0. The predicted octanol–water partition coefficient (Wildman–Crippen LogP) is 11.5. The Morgan fingerprint density at radius 1 is 0.608 bits per heavy atom. The third-order valence-electron chi connectivity index (χ3n) is 9.53. The van der Waals surface area contributed by atoms with Gasteiger partial charge in [0.25, 0.3) is 0 Å². The molecular weight excluding hydrogens is 665 g/mol. The monoisotopic (exact) mass is 749 g/mol. The second-order valence-electron chi connectivity index (χ2n) is 15.9. The van der Waals surface area contributed by atoms with Crippen LogP contribution in [0.5, 0.6) is 0 Å². The van der Waals surface area contributed by atoms with E-state index in [-0.39, 0.29) is 31.5 Å². The van der Waals surface area contributed by atoms with Crippen molar-refractivity contribution >= 4 is 19.8 Å². The molecule has 0 saturated heterocycles. The number of quaternary nitrogens is 1. The predicted molar refractivity (Wildman–Crippen MR) is 211 cm³/mol. The third kappa shape index (κ3) is 35.8. The van der Waals surface area contributed by atoms with Gasteiger partial charge in [-0.15, -0.1) is 0 Å². The highest BCUT2D eigenvalue weighted by atomic mass is 31.2. The van der Waals surface area contributed by atoms with Crippen LogP contribution in [0.2, 0.25) is 0 Å². The van der Waals surface area contributed by atoms with Crippen LogP contribution in [0.25, 0.3) is 0 Å². The van der Waals surface area contributed by atoms with Gasteiger partial charge in [0.05, 0.1) is 33.7 Å². The molecule has 51 heavy (non-hydrogen) atoms. The standard InChI is InChI=1S/C41H82NO8P/c1-7-9-11-13-15-17-19-21-23-25-27-29-31-33-40(43)50-39(37-49-51(45,46)48-35-34-42(4,5)6)36-47-41(44)38(3)32-30-28-26-24-22-20-18-16-14-12-10-8-2/h38-39H,7-37H2,1-6H3/p+1/t38-,39+/m0/s1. The van der Waals surface area contributed by atoms with Gasteiger partial charge in [0.1, 0.15) is 19.8 Å². The Morgan fingerprint density at radius 3 is 1.45 bits per heavy atom. The van der Waals surface area contributed by atoms with Gasteiger partial charge in [0, 0.05) is 6.42 Å². The number of nitrogens with zero attached hydrogens (tertiary/aromatic N) is 1. The molecule has 0 fully saturated rings. The summed E-state index contributed by atoms with van der Waals surface area (Å²) < 4.78 is 34.5. The molecule has 0 aromatic heterocycles. The SMILES string of the molecule is CCCCCCCCCCCCCCCC(=O)O[C@H](COC(=O)[C@@H](C)CCCCCCCCCCCCCC)COP(=O)(O)OCC[N+](C)(C)C. The second kappa shape index (κ2) is 33.6. The van der Waals surface area contributed by atoms with Gasteiger partial charge >= 0.3 is 19.8 Å². The second-order valence-corrected chi connectivity index (χ2v) is 17.4. The largest absolute Gasteiger partial charge is 0.472 e. The lowest BCUT2D eigenvalue weighted by Gasteiger charge is -2.24. The highest BCUT2D eigenvalue weighted by Crippen LogP contribution is 2.43. The minimum Gasteiger partial charge on any atom is -0.461 e. The molecule has 0 aromatic carbocycles. The Balaban J connectivity index is 4.49. The average Bonchev–Trinajstić information content (AvgIpc) is 3.07. The number of likely N-dealkylation sites (N-methyl/N-ethyl adjacent to an activating group) is 1. The van der Waals surface area contributed by atoms with E-state index in [1.165, 1.54) is 128 Å². The summed E-state index contributed by atoms with van der Waals surface area (Å²) in [6, 6.07) is 0. The maximum atomic E-state index is 12.8. The molecule has 304 valence electrons. The fourth-order valence-corrected chi connectivity index (χ4v) is 6.76. The molecule has 3 atom stereocenters. The number of ether oxygens (including phenoxy) is 2. The quantitative estimate of drug-likeness (QED) is 0.0288. The lowest BCUT2D eigenvalue weighted by molar-refractivity contribution is -0.870. The van der Waals surface area contributed by atoms with E-state index in [4.69, 9.17) is 18.5 Å². The molecule has 0 bridgehead atoms. The van der Waals surface area contributed by atoms with E-state index in [9.17, 15) is 19.0 Å². The zero-order chi connectivity index (χ0) is 38.1. The van der Waals surface area contributed by atoms with Crippen LogP contribution in [0.4, 0.5) is 0 Å². The van der Waals surface area contributed by atoms with Crippen LogP contribution in [-0.2, 0) is 32.7 Å². The Kier molecular flexibility index (Phi) is 32.9. The molecule has 0 heterocycles. The van der Waals surface area contributed by atoms with Gasteiger partial charge in [-0.3, -0.25) is 18.6 Å². The maximum Gasteiger partial charge on any atom is 0.472 e. The highest BCUT2D eigenvalue weighted by molar-refractivity contribution is 7.47. The van der Waals surface area contributed by atoms with Gasteiger partial charge < -0.3 is 18.9 Å². The van der Waals surface area contributed by atoms with E-state index in [0.29, 0.717) is 17.4 Å². The van der Waals surface area contributed by atoms with Gasteiger partial charge in [0.15, 0.2) is 6.10 Å². The molecule has 1 unspecified atom stereocenters. The van der Waals surface area contributed by atoms with Crippen LogP contribution in [0.1, 0.15) is 194 Å². The first kappa shape index (κ1) is 50.0. The maximum absolute atomic E-state index is 12.8. The van der Waals surface area contributed by atoms with Crippen molar-refractivity contribution in [2.24, 2.45) is 5.92 Å². The molecular formula is C41H83NO8P+. The number of unbranched alkanes of at least 4 members (excludes halogenated alkanes) is 23. The molecule has 0 rings (SSSR count). The van der Waals surface area contributed by atoms with Crippen molar-refractivity contribution in [3.8, 4) is 0 Å². The number of esters is 2. The topological polar surface area (TPSA) is 108 Å². The van der Waals surface area contributed by atoms with E-state index in [1.54, 1.807) is 0 Å². The van der Waals surface area contributed by atoms with Crippen molar-refractivity contribution < 1.29 is 42.1 Å². The van der Waals surface area contributed by atoms with E-state index in [0.717, 1.165) is 32.1 Å². The first-order valence-corrected chi connectivity index (χ1v) is 22.7. The Labute approximate surface area is 314 Å². The summed E-state index contributed by atoms with van der Waals surface area (Å²) in [5.74, 6) is -1.06. The van der Waals surface area contributed by atoms with Crippen LogP contribution in [0.3, 0.4) is 0 Å². The smallest absolute Gasteiger partial charge is 0.461 e. The molecule has 9 nitrogen and oxygen atoms in total. The van der Waals surface area contributed by atoms with Gasteiger partial charge in [-0.05, 0) is 12.8 Å². The Hall–Kier alpha value is -0.990. The van der Waals surface area contributed by atoms with E-state index in [2.05, 4.69) is 13.8 Å². The molecule has 0 aliphatic rings. The van der Waals surface area contributed by atoms with Gasteiger partial charge in [0.2, 0.25) is 0 Å². The number of hydrogen-bond donors (Lipinski definition) is 1. The number of carbonyl (C=O) groups excluding carboxylic acids is 2. The summed E-state index contributed by atoms with van der Waals surface area (Å²) >= 11 is 0. The molecule has 1 N–H and O–H groups in total. The van der Waals surface area contributed by atoms with Crippen molar-refractivity contribution in [1.29, 1.82) is 0 Å². The van der Waals surface area contributed by atoms with E-state index >= 15 is 0 Å². The molecule has 0 amide bonds. The highest BCUT2D eigenvalue weighted by Gasteiger charge is 2.27. The zero-order valence-electron chi connectivity index (χ0n) is 34.3. The fourth-order valence-electron chi connectivity index (χ4n) is 6.02. The summed E-state index contributed by atoms with van der Waals surface area (Å²) in [6.45, 7) is 6.28. The third-order valence-corrected chi connectivity index (χ3v) is 10.5. The molecule has 0 aliphatic heterocycles. The number of carbonyl (C=O) groups is 2. The summed E-state index contributed by atoms with van der Waals surface area (Å²) in [5.41, 5.74) is 0. The first-order chi connectivity index (χ1) is 24.4. The lowest BCUT2D eigenvalue weighted by Crippen LogP contribution is -2.37. The molecule has 10 heteroatoms. The van der Waals surface area contributed by atoms with E-state index < -0.39 is 26.5 Å². The van der Waals surface area contributed by atoms with Crippen molar-refractivity contribution in [2.45, 2.75) is 200 Å². The zero-order valence-corrected chi connectivity index (χ0v) is 35.2. The summed E-state index contributed by atoms with van der Waals surface area (Å²) in [5, 5.41) is 0. The summed E-state index contributed by atoms with van der Waals surface area (Å²) in [4.78, 5) is 35.7. The Morgan fingerprint density at radius 2 is 1.02 bits per heavy atom. The molecule has 0 aromatic rings. The first-order valence-electron chi connectivity index (χ1n) is 21.2. The molecule has 0 aliphatic carbocycles. The van der Waals surface area contributed by atoms with Crippen LogP contribution in [0, 0.1) is 5.92 Å². The Bertz CT molecular complexity index is 865. The number of phosphoric acid groups is 1. The normalized spacial score (nSPS) is 14.3. The van der Waals surface area contributed by atoms with Crippen molar-refractivity contribution in [3.05, 3.63) is 0 Å². The minimum atomic E-state index is -4.37. The lowest BCUT2D eigenvalue weighted by atomic mass is 10.0. The van der Waals surface area contributed by atoms with Crippen LogP contribution < -0.4 is 0 Å². The van der Waals surface area contributed by atoms with E-state index in [1.807, 2.05) is 28.1 Å². The minimum absolute atomic E-state index is 0.0341. The van der Waals surface area contributed by atoms with Crippen LogP contribution >= 0.6 is 7.82 Å². The number of rotatable bonds is 38. The van der Waals surface area contributed by atoms with Crippen molar-refractivity contribution in [3.63, 3.8) is 0 Å². The number of hydrogen-bond acceptors (Lipinski definition) is 7. The molecule has 0 spiro atoms. The van der Waals surface area contributed by atoms with Gasteiger partial charge in [-0.2, -0.15) is 0 Å². The average molecular weight is 749 g/mol.